The van der Waals surface area contributed by atoms with Gasteiger partial charge in [0.2, 0.25) is 11.8 Å². The minimum atomic E-state index is -0.887. The summed E-state index contributed by atoms with van der Waals surface area (Å²) in [5.74, 6) is 0.00979. The van der Waals surface area contributed by atoms with E-state index in [0.717, 1.165) is 12.8 Å². The van der Waals surface area contributed by atoms with Crippen molar-refractivity contribution in [3.8, 4) is 0 Å². The third kappa shape index (κ3) is 1.89. The maximum Gasteiger partial charge on any atom is 0.248 e. The molecule has 1 N–H and O–H groups in total. The molecule has 5 heteroatoms. The highest BCUT2D eigenvalue weighted by atomic mass is 19.1. The predicted octanol–water partition coefficient (Wildman–Crippen LogP) is 1.25. The molecule has 2 amide bonds. The zero-order valence-corrected chi connectivity index (χ0v) is 11.3. The number of amides is 2. The van der Waals surface area contributed by atoms with Gasteiger partial charge in [0.25, 0.3) is 0 Å². The van der Waals surface area contributed by atoms with Gasteiger partial charge in [-0.05, 0) is 46.0 Å². The molecular formula is C13H21FN2O2. The third-order valence-corrected chi connectivity index (χ3v) is 4.11. The van der Waals surface area contributed by atoms with E-state index in [9.17, 15) is 14.0 Å². The van der Waals surface area contributed by atoms with Crippen LogP contribution in [-0.4, -0.2) is 41.0 Å². The Hall–Kier alpha value is -1.13. The van der Waals surface area contributed by atoms with Gasteiger partial charge in [-0.2, -0.15) is 0 Å². The molecule has 2 aliphatic rings. The number of nitrogens with zero attached hydrogens (tertiary/aromatic N) is 1. The Bertz CT molecular complexity index is 379. The van der Waals surface area contributed by atoms with Crippen LogP contribution in [0.5, 0.6) is 0 Å². The molecule has 1 heterocycles. The minimum absolute atomic E-state index is 0.103. The number of carbonyl (C=O) groups excluding carboxylic acids is 2. The fourth-order valence-corrected chi connectivity index (χ4v) is 2.74. The van der Waals surface area contributed by atoms with E-state index in [1.807, 2.05) is 6.92 Å². The average molecular weight is 256 g/mol. The van der Waals surface area contributed by atoms with Crippen molar-refractivity contribution < 1.29 is 14.0 Å². The van der Waals surface area contributed by atoms with Crippen molar-refractivity contribution in [2.75, 3.05) is 13.2 Å². The SMILES string of the molecule is CC1(C)NC(=O)C(C)(C2CC2)N(CCCF)C1=O. The largest absolute Gasteiger partial charge is 0.340 e. The third-order valence-electron chi connectivity index (χ3n) is 4.11. The van der Waals surface area contributed by atoms with Crippen LogP contribution in [0.15, 0.2) is 0 Å². The number of piperazine rings is 1. The van der Waals surface area contributed by atoms with Gasteiger partial charge in [-0.3, -0.25) is 14.0 Å². The number of hydrogen-bond donors (Lipinski definition) is 1. The van der Waals surface area contributed by atoms with Crippen LogP contribution < -0.4 is 5.32 Å². The molecule has 0 aromatic carbocycles. The van der Waals surface area contributed by atoms with Gasteiger partial charge in [-0.15, -0.1) is 0 Å². The summed E-state index contributed by atoms with van der Waals surface area (Å²) >= 11 is 0. The zero-order valence-electron chi connectivity index (χ0n) is 11.3. The van der Waals surface area contributed by atoms with Crippen LogP contribution in [0.3, 0.4) is 0 Å². The van der Waals surface area contributed by atoms with E-state index < -0.39 is 17.8 Å². The molecule has 0 radical (unpaired) electrons. The Morgan fingerprint density at radius 1 is 1.33 bits per heavy atom. The normalized spacial score (nSPS) is 31.4. The van der Waals surface area contributed by atoms with E-state index >= 15 is 0 Å². The average Bonchev–Trinajstić information content (AvgIpc) is 3.10. The highest BCUT2D eigenvalue weighted by molar-refractivity contribution is 6.02. The van der Waals surface area contributed by atoms with Crippen molar-refractivity contribution in [3.05, 3.63) is 0 Å². The lowest BCUT2D eigenvalue weighted by atomic mass is 9.84. The number of alkyl halides is 1. The van der Waals surface area contributed by atoms with Crippen LogP contribution in [-0.2, 0) is 9.59 Å². The maximum absolute atomic E-state index is 12.4. The number of nitrogens with one attached hydrogen (secondary N) is 1. The Labute approximate surface area is 107 Å². The van der Waals surface area contributed by atoms with Crippen LogP contribution in [0.4, 0.5) is 4.39 Å². The van der Waals surface area contributed by atoms with Crippen LogP contribution in [0.25, 0.3) is 0 Å². The predicted molar refractivity (Wildman–Crippen MR) is 65.7 cm³/mol. The van der Waals surface area contributed by atoms with Crippen molar-refractivity contribution >= 4 is 11.8 Å². The van der Waals surface area contributed by atoms with E-state index in [1.54, 1.807) is 18.7 Å². The molecule has 0 aromatic rings. The highest BCUT2D eigenvalue weighted by Crippen LogP contribution is 2.45. The molecule has 1 saturated carbocycles. The molecule has 1 saturated heterocycles. The fourth-order valence-electron chi connectivity index (χ4n) is 2.74. The van der Waals surface area contributed by atoms with E-state index in [2.05, 4.69) is 5.32 Å². The summed E-state index contributed by atoms with van der Waals surface area (Å²) in [5.41, 5.74) is -1.68. The van der Waals surface area contributed by atoms with E-state index in [1.165, 1.54) is 0 Å². The molecule has 0 aromatic heterocycles. The van der Waals surface area contributed by atoms with Gasteiger partial charge in [-0.1, -0.05) is 0 Å². The topological polar surface area (TPSA) is 49.4 Å². The Morgan fingerprint density at radius 3 is 2.44 bits per heavy atom. The van der Waals surface area contributed by atoms with E-state index in [-0.39, 0.29) is 24.2 Å². The first-order valence-corrected chi connectivity index (χ1v) is 6.54. The highest BCUT2D eigenvalue weighted by Gasteiger charge is 2.58. The minimum Gasteiger partial charge on any atom is -0.340 e. The van der Waals surface area contributed by atoms with Crippen molar-refractivity contribution in [1.82, 2.24) is 10.2 Å². The van der Waals surface area contributed by atoms with Gasteiger partial charge in [0, 0.05) is 6.54 Å². The molecule has 102 valence electrons. The molecule has 2 rings (SSSR count). The summed E-state index contributed by atoms with van der Waals surface area (Å²) in [6.45, 7) is 5.06. The van der Waals surface area contributed by atoms with Crippen LogP contribution >= 0.6 is 0 Å². The van der Waals surface area contributed by atoms with Gasteiger partial charge in [0.15, 0.2) is 0 Å². The van der Waals surface area contributed by atoms with Crippen LogP contribution in [0.2, 0.25) is 0 Å². The molecule has 2 fully saturated rings. The van der Waals surface area contributed by atoms with Crippen LogP contribution in [0.1, 0.15) is 40.0 Å². The molecule has 0 bridgehead atoms. The standard InChI is InChI=1S/C13H21FN2O2/c1-12(2)11(18)16(8-4-7-14)13(3,9-5-6-9)10(17)15-12/h9H,4-8H2,1-3H3,(H,15,17). The first kappa shape index (κ1) is 13.3. The van der Waals surface area contributed by atoms with Gasteiger partial charge in [0.05, 0.1) is 6.67 Å². The lowest BCUT2D eigenvalue weighted by Crippen LogP contribution is -2.74. The first-order valence-electron chi connectivity index (χ1n) is 6.54. The summed E-state index contributed by atoms with van der Waals surface area (Å²) in [5, 5.41) is 2.80. The molecule has 18 heavy (non-hydrogen) atoms. The van der Waals surface area contributed by atoms with Gasteiger partial charge < -0.3 is 10.2 Å². The molecule has 1 atom stereocenters. The van der Waals surface area contributed by atoms with E-state index in [0.29, 0.717) is 6.54 Å². The molecule has 4 nitrogen and oxygen atoms in total. The van der Waals surface area contributed by atoms with Crippen molar-refractivity contribution in [1.29, 1.82) is 0 Å². The molecule has 1 aliphatic heterocycles. The van der Waals surface area contributed by atoms with E-state index in [4.69, 9.17) is 0 Å². The summed E-state index contributed by atoms with van der Waals surface area (Å²) in [6, 6.07) is 0. The zero-order chi connectivity index (χ0) is 13.6. The summed E-state index contributed by atoms with van der Waals surface area (Å²) < 4.78 is 12.4. The summed E-state index contributed by atoms with van der Waals surface area (Å²) in [4.78, 5) is 26.4. The van der Waals surface area contributed by atoms with Crippen molar-refractivity contribution in [2.24, 2.45) is 5.92 Å². The van der Waals surface area contributed by atoms with Gasteiger partial charge >= 0.3 is 0 Å². The second-order valence-electron chi connectivity index (χ2n) is 6.00. The molecular weight excluding hydrogens is 235 g/mol. The summed E-state index contributed by atoms with van der Waals surface area (Å²) in [7, 11) is 0. The lowest BCUT2D eigenvalue weighted by molar-refractivity contribution is -0.162. The fraction of sp³-hybridized carbons (Fsp3) is 0.846. The number of hydrogen-bond acceptors (Lipinski definition) is 2. The Morgan fingerprint density at radius 2 is 1.94 bits per heavy atom. The molecule has 1 unspecified atom stereocenters. The Balaban J connectivity index is 2.31. The quantitative estimate of drug-likeness (QED) is 0.823. The molecule has 1 aliphatic carbocycles. The number of halogens is 1. The molecule has 0 spiro atoms. The van der Waals surface area contributed by atoms with Crippen LogP contribution in [0, 0.1) is 5.92 Å². The smallest absolute Gasteiger partial charge is 0.248 e. The first-order chi connectivity index (χ1) is 8.34. The second-order valence-corrected chi connectivity index (χ2v) is 6.00. The monoisotopic (exact) mass is 256 g/mol. The Kier molecular flexibility index (Phi) is 3.11. The number of rotatable bonds is 4. The van der Waals surface area contributed by atoms with Crippen molar-refractivity contribution in [2.45, 2.75) is 51.1 Å². The van der Waals surface area contributed by atoms with Crippen molar-refractivity contribution in [3.63, 3.8) is 0 Å². The number of carbonyl (C=O) groups is 2. The maximum atomic E-state index is 12.4. The second kappa shape index (κ2) is 4.21. The summed E-state index contributed by atoms with van der Waals surface area (Å²) in [6.07, 6.45) is 2.21. The van der Waals surface area contributed by atoms with Gasteiger partial charge in [-0.25, -0.2) is 0 Å². The lowest BCUT2D eigenvalue weighted by Gasteiger charge is -2.49. The van der Waals surface area contributed by atoms with Gasteiger partial charge in [0.1, 0.15) is 11.1 Å².